The average molecular weight is 403 g/mol. The highest BCUT2D eigenvalue weighted by atomic mass is 35.5. The second-order valence-corrected chi connectivity index (χ2v) is 8.33. The minimum atomic E-state index is -3.64. The van der Waals surface area contributed by atoms with Gasteiger partial charge in [-0.3, -0.25) is 9.59 Å². The summed E-state index contributed by atoms with van der Waals surface area (Å²) in [7, 11) is -2.30. The lowest BCUT2D eigenvalue weighted by Gasteiger charge is -2.17. The van der Waals surface area contributed by atoms with E-state index in [4.69, 9.17) is 11.6 Å². The van der Waals surface area contributed by atoms with Crippen molar-refractivity contribution in [1.29, 1.82) is 0 Å². The average Bonchev–Trinajstić information content (AvgIpc) is 3.06. The molecule has 0 saturated carbocycles. The van der Waals surface area contributed by atoms with E-state index in [1.807, 2.05) is 0 Å². The minimum absolute atomic E-state index is 0.0249. The van der Waals surface area contributed by atoms with Crippen molar-refractivity contribution in [1.82, 2.24) is 9.62 Å². The number of hydrogen-bond donors (Lipinski definition) is 1. The first kappa shape index (κ1) is 20.7. The van der Waals surface area contributed by atoms with Gasteiger partial charge < -0.3 is 9.64 Å². The largest absolute Gasteiger partial charge is 0.469 e. The summed E-state index contributed by atoms with van der Waals surface area (Å²) in [6.07, 6.45) is 2.41. The summed E-state index contributed by atoms with van der Waals surface area (Å²) in [6.45, 7) is 0.867. The number of halogens is 1. The van der Waals surface area contributed by atoms with Crippen molar-refractivity contribution in [2.45, 2.75) is 43.0 Å². The summed E-state index contributed by atoms with van der Waals surface area (Å²) in [4.78, 5) is 25.0. The summed E-state index contributed by atoms with van der Waals surface area (Å²) in [6, 6.07) is 5.63. The maximum absolute atomic E-state index is 12.4. The zero-order chi connectivity index (χ0) is 19.2. The third kappa shape index (κ3) is 5.96. The van der Waals surface area contributed by atoms with Gasteiger partial charge in [0.05, 0.1) is 12.0 Å². The third-order valence-corrected chi connectivity index (χ3v) is 6.02. The maximum atomic E-state index is 12.4. The van der Waals surface area contributed by atoms with E-state index in [0.717, 1.165) is 0 Å². The van der Waals surface area contributed by atoms with Gasteiger partial charge in [-0.2, -0.15) is 0 Å². The Balaban J connectivity index is 1.79. The number of unbranched alkanes of at least 4 members (excludes halogenated alkanes) is 1. The number of sulfonamides is 1. The number of nitrogens with zero attached hydrogens (tertiary/aromatic N) is 1. The van der Waals surface area contributed by atoms with Crippen LogP contribution in [0.3, 0.4) is 0 Å². The van der Waals surface area contributed by atoms with Crippen LogP contribution in [0, 0.1) is 0 Å². The number of carbonyl (C=O) groups excluding carboxylic acids is 2. The lowest BCUT2D eigenvalue weighted by Crippen LogP contribution is -2.38. The van der Waals surface area contributed by atoms with E-state index in [9.17, 15) is 18.0 Å². The first-order valence-corrected chi connectivity index (χ1v) is 10.3. The van der Waals surface area contributed by atoms with Gasteiger partial charge in [-0.15, -0.1) is 0 Å². The number of hydrogen-bond acceptors (Lipinski definition) is 5. The van der Waals surface area contributed by atoms with E-state index in [2.05, 4.69) is 9.46 Å². The Labute approximate surface area is 158 Å². The number of esters is 1. The molecule has 0 bridgehead atoms. The molecule has 1 atom stereocenters. The van der Waals surface area contributed by atoms with Gasteiger partial charge in [-0.25, -0.2) is 13.1 Å². The topological polar surface area (TPSA) is 92.8 Å². The molecule has 1 aromatic rings. The van der Waals surface area contributed by atoms with E-state index in [-0.39, 0.29) is 22.8 Å². The standard InChI is InChI=1S/C17H23ClN2O5S/c1-25-17(22)5-3-2-4-16(21)20-11-10-14(12-20)19-26(23,24)15-8-6-13(18)7-9-15/h6-9,14,19H,2-5,10-12H2,1H3. The lowest BCUT2D eigenvalue weighted by molar-refractivity contribution is -0.141. The predicted octanol–water partition coefficient (Wildman–Crippen LogP) is 1.95. The van der Waals surface area contributed by atoms with Crippen molar-refractivity contribution < 1.29 is 22.7 Å². The molecule has 0 aliphatic carbocycles. The molecule has 2 rings (SSSR count). The Morgan fingerprint density at radius 1 is 1.23 bits per heavy atom. The number of methoxy groups -OCH3 is 1. The normalized spacial score (nSPS) is 17.3. The molecule has 7 nitrogen and oxygen atoms in total. The van der Waals surface area contributed by atoms with Crippen LogP contribution in [-0.4, -0.2) is 51.4 Å². The zero-order valence-corrected chi connectivity index (χ0v) is 16.2. The second kappa shape index (κ2) is 9.34. The van der Waals surface area contributed by atoms with Crippen molar-refractivity contribution in [3.63, 3.8) is 0 Å². The SMILES string of the molecule is COC(=O)CCCCC(=O)N1CCC(NS(=O)(=O)c2ccc(Cl)cc2)C1. The van der Waals surface area contributed by atoms with Crippen LogP contribution in [0.25, 0.3) is 0 Å². The Bertz CT molecular complexity index is 736. The fourth-order valence-electron chi connectivity index (χ4n) is 2.79. The van der Waals surface area contributed by atoms with Crippen LogP contribution in [0.5, 0.6) is 0 Å². The Hall–Kier alpha value is -1.64. The summed E-state index contributed by atoms with van der Waals surface area (Å²) in [5.74, 6) is -0.307. The summed E-state index contributed by atoms with van der Waals surface area (Å²) >= 11 is 5.78. The quantitative estimate of drug-likeness (QED) is 0.530. The number of amides is 1. The van der Waals surface area contributed by atoms with Crippen molar-refractivity contribution in [3.8, 4) is 0 Å². The number of likely N-dealkylation sites (tertiary alicyclic amines) is 1. The van der Waals surface area contributed by atoms with E-state index in [1.54, 1.807) is 4.90 Å². The molecule has 0 radical (unpaired) electrons. The van der Waals surface area contributed by atoms with E-state index >= 15 is 0 Å². The number of nitrogens with one attached hydrogen (secondary N) is 1. The van der Waals surface area contributed by atoms with Gasteiger partial charge in [0.25, 0.3) is 0 Å². The Kier molecular flexibility index (Phi) is 7.43. The van der Waals surface area contributed by atoms with Gasteiger partial charge in [0.15, 0.2) is 0 Å². The molecule has 9 heteroatoms. The van der Waals surface area contributed by atoms with Crippen molar-refractivity contribution >= 4 is 33.5 Å². The first-order chi connectivity index (χ1) is 12.3. The van der Waals surface area contributed by atoms with Gasteiger partial charge in [0, 0.05) is 37.0 Å². The molecule has 1 aliphatic heterocycles. The zero-order valence-electron chi connectivity index (χ0n) is 14.6. The van der Waals surface area contributed by atoms with Crippen LogP contribution in [0.1, 0.15) is 32.1 Å². The predicted molar refractivity (Wildman–Crippen MR) is 97.2 cm³/mol. The van der Waals surface area contributed by atoms with Gasteiger partial charge in [0.1, 0.15) is 0 Å². The molecule has 1 aromatic carbocycles. The fourth-order valence-corrected chi connectivity index (χ4v) is 4.18. The smallest absolute Gasteiger partial charge is 0.305 e. The van der Waals surface area contributed by atoms with Crippen molar-refractivity contribution in [2.24, 2.45) is 0 Å². The summed E-state index contributed by atoms with van der Waals surface area (Å²) < 4.78 is 31.9. The molecular formula is C17H23ClN2O5S. The molecule has 0 spiro atoms. The van der Waals surface area contributed by atoms with E-state index in [1.165, 1.54) is 31.4 Å². The van der Waals surface area contributed by atoms with Crippen LogP contribution >= 0.6 is 11.6 Å². The van der Waals surface area contributed by atoms with Crippen LogP contribution < -0.4 is 4.72 Å². The molecule has 0 aromatic heterocycles. The highest BCUT2D eigenvalue weighted by molar-refractivity contribution is 7.89. The number of carbonyl (C=O) groups is 2. The molecule has 1 N–H and O–H groups in total. The molecule has 144 valence electrons. The highest BCUT2D eigenvalue weighted by Gasteiger charge is 2.29. The molecule has 26 heavy (non-hydrogen) atoms. The molecule has 1 aliphatic rings. The second-order valence-electron chi connectivity index (χ2n) is 6.18. The van der Waals surface area contributed by atoms with Crippen LogP contribution in [-0.2, 0) is 24.3 Å². The monoisotopic (exact) mass is 402 g/mol. The van der Waals surface area contributed by atoms with Crippen LogP contribution in [0.15, 0.2) is 29.2 Å². The van der Waals surface area contributed by atoms with Crippen molar-refractivity contribution in [2.75, 3.05) is 20.2 Å². The van der Waals surface area contributed by atoms with Crippen LogP contribution in [0.2, 0.25) is 5.02 Å². The van der Waals surface area contributed by atoms with Gasteiger partial charge in [-0.05, 0) is 43.5 Å². The van der Waals surface area contributed by atoms with E-state index < -0.39 is 10.0 Å². The lowest BCUT2D eigenvalue weighted by atomic mass is 10.2. The Morgan fingerprint density at radius 3 is 2.54 bits per heavy atom. The minimum Gasteiger partial charge on any atom is -0.469 e. The Morgan fingerprint density at radius 2 is 1.88 bits per heavy atom. The summed E-state index contributed by atoms with van der Waals surface area (Å²) in [5.41, 5.74) is 0. The molecule has 1 unspecified atom stereocenters. The maximum Gasteiger partial charge on any atom is 0.305 e. The third-order valence-electron chi connectivity index (χ3n) is 4.24. The van der Waals surface area contributed by atoms with E-state index in [0.29, 0.717) is 50.2 Å². The molecule has 1 saturated heterocycles. The van der Waals surface area contributed by atoms with Gasteiger partial charge in [-0.1, -0.05) is 11.6 Å². The molecule has 1 heterocycles. The molecule has 1 fully saturated rings. The number of benzene rings is 1. The fraction of sp³-hybridized carbons (Fsp3) is 0.529. The van der Waals surface area contributed by atoms with Crippen LogP contribution in [0.4, 0.5) is 0 Å². The van der Waals surface area contributed by atoms with Gasteiger partial charge in [0.2, 0.25) is 15.9 Å². The summed E-state index contributed by atoms with van der Waals surface area (Å²) in [5, 5.41) is 0.466. The highest BCUT2D eigenvalue weighted by Crippen LogP contribution is 2.18. The first-order valence-electron chi connectivity index (χ1n) is 8.44. The van der Waals surface area contributed by atoms with Crippen molar-refractivity contribution in [3.05, 3.63) is 29.3 Å². The van der Waals surface area contributed by atoms with Gasteiger partial charge >= 0.3 is 5.97 Å². The number of ether oxygens (including phenoxy) is 1. The number of rotatable bonds is 8. The molecule has 1 amide bonds. The molecular weight excluding hydrogens is 380 g/mol.